The maximum Gasteiger partial charge on any atom is 0.161 e. The lowest BCUT2D eigenvalue weighted by Crippen LogP contribution is -2.19. The number of methoxy groups -OCH3 is 1. The highest BCUT2D eigenvalue weighted by Crippen LogP contribution is 2.32. The van der Waals surface area contributed by atoms with Gasteiger partial charge in [-0.2, -0.15) is 5.10 Å². The zero-order chi connectivity index (χ0) is 15.2. The predicted octanol–water partition coefficient (Wildman–Crippen LogP) is 3.75. The van der Waals surface area contributed by atoms with E-state index in [1.807, 2.05) is 28.9 Å². The molecule has 21 heavy (non-hydrogen) atoms. The SMILES string of the molecule is CCCn1ncc(OC)c1C(N)CSc1ccccc1Cl. The molecule has 0 fully saturated rings. The number of nitrogens with zero attached hydrogens (tertiary/aromatic N) is 2. The number of thioether (sulfide) groups is 1. The number of nitrogens with two attached hydrogens (primary N) is 1. The third kappa shape index (κ3) is 3.93. The first-order valence-corrected chi connectivity index (χ1v) is 8.26. The molecule has 1 unspecified atom stereocenters. The average Bonchev–Trinajstić information content (AvgIpc) is 2.89. The number of benzene rings is 1. The van der Waals surface area contributed by atoms with Crippen LogP contribution in [-0.4, -0.2) is 22.6 Å². The van der Waals surface area contributed by atoms with Crippen molar-refractivity contribution in [3.63, 3.8) is 0 Å². The van der Waals surface area contributed by atoms with Crippen molar-refractivity contribution in [1.29, 1.82) is 0 Å². The highest BCUT2D eigenvalue weighted by Gasteiger charge is 2.19. The van der Waals surface area contributed by atoms with E-state index in [0.29, 0.717) is 0 Å². The van der Waals surface area contributed by atoms with Gasteiger partial charge in [0.05, 0.1) is 30.1 Å². The van der Waals surface area contributed by atoms with Gasteiger partial charge in [-0.25, -0.2) is 0 Å². The maximum absolute atomic E-state index is 6.34. The lowest BCUT2D eigenvalue weighted by molar-refractivity contribution is 0.403. The molecule has 4 nitrogen and oxygen atoms in total. The molecule has 2 aromatic rings. The fraction of sp³-hybridized carbons (Fsp3) is 0.400. The first kappa shape index (κ1) is 16.2. The van der Waals surface area contributed by atoms with Gasteiger partial charge >= 0.3 is 0 Å². The summed E-state index contributed by atoms with van der Waals surface area (Å²) in [5.74, 6) is 1.46. The van der Waals surface area contributed by atoms with Crippen molar-refractivity contribution in [3.8, 4) is 5.75 Å². The van der Waals surface area contributed by atoms with Crippen molar-refractivity contribution in [3.05, 3.63) is 41.2 Å². The molecule has 0 spiro atoms. The molecule has 0 aliphatic heterocycles. The number of halogens is 1. The molecule has 1 aromatic heterocycles. The van der Waals surface area contributed by atoms with Gasteiger partial charge in [-0.05, 0) is 18.6 Å². The molecule has 0 aliphatic carbocycles. The van der Waals surface area contributed by atoms with Gasteiger partial charge in [-0.15, -0.1) is 11.8 Å². The van der Waals surface area contributed by atoms with Crippen LogP contribution in [0.5, 0.6) is 5.75 Å². The molecule has 2 N–H and O–H groups in total. The number of rotatable bonds is 7. The van der Waals surface area contributed by atoms with E-state index in [2.05, 4.69) is 12.0 Å². The Morgan fingerprint density at radius 1 is 1.43 bits per heavy atom. The summed E-state index contributed by atoms with van der Waals surface area (Å²) >= 11 is 7.81. The third-order valence-corrected chi connectivity index (χ3v) is 4.74. The topological polar surface area (TPSA) is 53.1 Å². The van der Waals surface area contributed by atoms with E-state index in [4.69, 9.17) is 22.1 Å². The molecule has 0 aliphatic rings. The normalized spacial score (nSPS) is 12.4. The zero-order valence-corrected chi connectivity index (χ0v) is 13.8. The Balaban J connectivity index is 2.11. The summed E-state index contributed by atoms with van der Waals surface area (Å²) in [4.78, 5) is 1.04. The molecule has 0 saturated heterocycles. The number of aryl methyl sites for hydroxylation is 1. The minimum atomic E-state index is -0.157. The van der Waals surface area contributed by atoms with Gasteiger partial charge in [0.15, 0.2) is 5.75 Å². The van der Waals surface area contributed by atoms with E-state index in [0.717, 1.165) is 40.1 Å². The largest absolute Gasteiger partial charge is 0.493 e. The van der Waals surface area contributed by atoms with Gasteiger partial charge in [0.25, 0.3) is 0 Å². The van der Waals surface area contributed by atoms with Crippen LogP contribution in [0.15, 0.2) is 35.4 Å². The summed E-state index contributed by atoms with van der Waals surface area (Å²) in [5, 5.41) is 5.10. The lowest BCUT2D eigenvalue weighted by atomic mass is 10.2. The Hall–Kier alpha value is -1.17. The quantitative estimate of drug-likeness (QED) is 0.788. The molecular weight excluding hydrogens is 306 g/mol. The fourth-order valence-corrected chi connectivity index (χ4v) is 3.32. The summed E-state index contributed by atoms with van der Waals surface area (Å²) in [6, 6.07) is 7.63. The summed E-state index contributed by atoms with van der Waals surface area (Å²) in [5.41, 5.74) is 7.28. The molecular formula is C15H20ClN3OS. The Labute approximate surface area is 134 Å². The van der Waals surface area contributed by atoms with Crippen molar-refractivity contribution in [2.24, 2.45) is 5.73 Å². The first-order chi connectivity index (χ1) is 10.2. The minimum absolute atomic E-state index is 0.157. The molecule has 0 radical (unpaired) electrons. The van der Waals surface area contributed by atoms with Gasteiger partial charge in [0.2, 0.25) is 0 Å². The van der Waals surface area contributed by atoms with Gasteiger partial charge in [-0.1, -0.05) is 30.7 Å². The van der Waals surface area contributed by atoms with E-state index >= 15 is 0 Å². The van der Waals surface area contributed by atoms with Crippen molar-refractivity contribution in [2.75, 3.05) is 12.9 Å². The van der Waals surface area contributed by atoms with E-state index in [-0.39, 0.29) is 6.04 Å². The van der Waals surface area contributed by atoms with E-state index in [9.17, 15) is 0 Å². The van der Waals surface area contributed by atoms with Crippen LogP contribution in [0, 0.1) is 0 Å². The van der Waals surface area contributed by atoms with Gasteiger partial charge < -0.3 is 10.5 Å². The Kier molecular flexibility index (Phi) is 5.96. The molecule has 0 bridgehead atoms. The number of ether oxygens (including phenoxy) is 1. The molecule has 2 rings (SSSR count). The van der Waals surface area contributed by atoms with Gasteiger partial charge in [0, 0.05) is 17.2 Å². The average molecular weight is 326 g/mol. The third-order valence-electron chi connectivity index (χ3n) is 3.11. The van der Waals surface area contributed by atoms with Crippen LogP contribution >= 0.6 is 23.4 Å². The zero-order valence-electron chi connectivity index (χ0n) is 12.3. The van der Waals surface area contributed by atoms with Crippen LogP contribution in [0.4, 0.5) is 0 Å². The monoisotopic (exact) mass is 325 g/mol. The van der Waals surface area contributed by atoms with Crippen LogP contribution in [-0.2, 0) is 6.54 Å². The van der Waals surface area contributed by atoms with E-state index < -0.39 is 0 Å². The van der Waals surface area contributed by atoms with E-state index in [1.54, 1.807) is 25.1 Å². The van der Waals surface area contributed by atoms with Crippen LogP contribution in [0.3, 0.4) is 0 Å². The van der Waals surface area contributed by atoms with Crippen molar-refractivity contribution in [1.82, 2.24) is 9.78 Å². The molecule has 1 aromatic carbocycles. The fourth-order valence-electron chi connectivity index (χ4n) is 2.12. The standard InChI is InChI=1S/C15H20ClN3OS/c1-3-8-19-15(13(20-2)9-18-19)12(17)10-21-14-7-5-4-6-11(14)16/h4-7,9,12H,3,8,10,17H2,1-2H3. The van der Waals surface area contributed by atoms with Crippen molar-refractivity contribution >= 4 is 23.4 Å². The maximum atomic E-state index is 6.34. The molecule has 0 amide bonds. The number of aromatic nitrogens is 2. The highest BCUT2D eigenvalue weighted by atomic mass is 35.5. The highest BCUT2D eigenvalue weighted by molar-refractivity contribution is 7.99. The number of hydrogen-bond acceptors (Lipinski definition) is 4. The van der Waals surface area contributed by atoms with E-state index in [1.165, 1.54) is 0 Å². The Bertz CT molecular complexity index is 588. The smallest absolute Gasteiger partial charge is 0.161 e. The summed E-state index contributed by atoms with van der Waals surface area (Å²) in [6.45, 7) is 2.95. The summed E-state index contributed by atoms with van der Waals surface area (Å²) in [7, 11) is 1.64. The van der Waals surface area contributed by atoms with Gasteiger partial charge in [-0.3, -0.25) is 4.68 Å². The Morgan fingerprint density at radius 2 is 2.19 bits per heavy atom. The van der Waals surface area contributed by atoms with Crippen molar-refractivity contribution in [2.45, 2.75) is 30.8 Å². The second-order valence-corrected chi connectivity index (χ2v) is 6.14. The summed E-state index contributed by atoms with van der Waals surface area (Å²) in [6.07, 6.45) is 2.73. The predicted molar refractivity (Wildman–Crippen MR) is 88.2 cm³/mol. The van der Waals surface area contributed by atoms with Crippen LogP contribution in [0.2, 0.25) is 5.02 Å². The second kappa shape index (κ2) is 7.73. The van der Waals surface area contributed by atoms with Crippen LogP contribution < -0.4 is 10.5 Å². The lowest BCUT2D eigenvalue weighted by Gasteiger charge is -2.15. The molecule has 1 heterocycles. The van der Waals surface area contributed by atoms with Crippen molar-refractivity contribution < 1.29 is 4.74 Å². The molecule has 6 heteroatoms. The van der Waals surface area contributed by atoms with Gasteiger partial charge in [0.1, 0.15) is 0 Å². The second-order valence-electron chi connectivity index (χ2n) is 4.67. The first-order valence-electron chi connectivity index (χ1n) is 6.90. The molecule has 114 valence electrons. The number of hydrogen-bond donors (Lipinski definition) is 1. The summed E-state index contributed by atoms with van der Waals surface area (Å²) < 4.78 is 7.30. The Morgan fingerprint density at radius 3 is 2.86 bits per heavy atom. The van der Waals surface area contributed by atoms with Crippen LogP contribution in [0.1, 0.15) is 25.1 Å². The van der Waals surface area contributed by atoms with Crippen LogP contribution in [0.25, 0.3) is 0 Å². The molecule has 1 atom stereocenters. The molecule has 0 saturated carbocycles. The minimum Gasteiger partial charge on any atom is -0.493 e.